The summed E-state index contributed by atoms with van der Waals surface area (Å²) in [6.07, 6.45) is 1.98. The van der Waals surface area contributed by atoms with Crippen molar-refractivity contribution in [3.63, 3.8) is 0 Å². The second-order valence-electron chi connectivity index (χ2n) is 5.76. The van der Waals surface area contributed by atoms with Crippen molar-refractivity contribution in [2.75, 3.05) is 0 Å². The molecule has 23 heavy (non-hydrogen) atoms. The molecule has 0 bridgehead atoms. The highest BCUT2D eigenvalue weighted by molar-refractivity contribution is 5.64. The van der Waals surface area contributed by atoms with Gasteiger partial charge in [-0.15, -0.1) is 0 Å². The minimum absolute atomic E-state index is 0.241. The highest BCUT2D eigenvalue weighted by Gasteiger charge is 2.14. The first kappa shape index (κ1) is 11.1. The molecule has 0 aliphatic heterocycles. The first-order valence-corrected chi connectivity index (χ1v) is 7.65. The Kier molecular flexibility index (Phi) is 3.06. The highest BCUT2D eigenvalue weighted by Crippen LogP contribution is 2.23. The van der Waals surface area contributed by atoms with Crippen LogP contribution in [0.3, 0.4) is 0 Å². The topological polar surface area (TPSA) is 16.8 Å². The standard InChI is InChI=1S/C21H23N2/c1-15(2)19-10-7-11-20(22-19)17-12-13-21(23(4)14-17)18-9-6-5-8-16(18)3/h5-15H,1-4H3/q+1/i1D3,15D. The van der Waals surface area contributed by atoms with E-state index < -0.39 is 12.7 Å². The smallest absolute Gasteiger partial charge is 0.212 e. The number of aromatic nitrogens is 2. The Morgan fingerprint density at radius 1 is 1.09 bits per heavy atom. The maximum atomic E-state index is 8.26. The fraction of sp³-hybridized carbons (Fsp3) is 0.238. The average molecular weight is 307 g/mol. The predicted octanol–water partition coefficient (Wildman–Crippen LogP) is 4.67. The molecule has 3 rings (SSSR count). The zero-order valence-electron chi connectivity index (χ0n) is 17.7. The molecule has 2 nitrogen and oxygen atoms in total. The monoisotopic (exact) mass is 307 g/mol. The quantitative estimate of drug-likeness (QED) is 0.642. The van der Waals surface area contributed by atoms with E-state index in [1.807, 2.05) is 48.1 Å². The van der Waals surface area contributed by atoms with E-state index in [0.29, 0.717) is 5.69 Å². The van der Waals surface area contributed by atoms with Crippen LogP contribution in [0.5, 0.6) is 0 Å². The van der Waals surface area contributed by atoms with E-state index in [0.717, 1.165) is 16.8 Å². The molecule has 2 aromatic heterocycles. The van der Waals surface area contributed by atoms with Gasteiger partial charge in [-0.2, -0.15) is 0 Å². The number of pyridine rings is 2. The molecule has 0 amide bonds. The summed E-state index contributed by atoms with van der Waals surface area (Å²) in [5.74, 6) is -1.76. The van der Waals surface area contributed by atoms with Crippen LogP contribution >= 0.6 is 0 Å². The third-order valence-electron chi connectivity index (χ3n) is 3.98. The van der Waals surface area contributed by atoms with Crippen molar-refractivity contribution in [2.24, 2.45) is 7.05 Å². The van der Waals surface area contributed by atoms with Gasteiger partial charge in [-0.25, -0.2) is 4.57 Å². The molecule has 1 unspecified atom stereocenters. The average Bonchev–Trinajstić information content (AvgIpc) is 2.61. The second-order valence-corrected chi connectivity index (χ2v) is 5.76. The third-order valence-corrected chi connectivity index (χ3v) is 3.98. The Morgan fingerprint density at radius 2 is 1.91 bits per heavy atom. The number of nitrogens with zero attached hydrogens (tertiary/aromatic N) is 2. The molecular weight excluding hydrogens is 280 g/mol. The van der Waals surface area contributed by atoms with E-state index in [2.05, 4.69) is 24.0 Å². The van der Waals surface area contributed by atoms with Crippen LogP contribution in [0.4, 0.5) is 0 Å². The lowest BCUT2D eigenvalue weighted by molar-refractivity contribution is -0.659. The fourth-order valence-electron chi connectivity index (χ4n) is 2.70. The normalized spacial score (nSPS) is 16.7. The molecule has 3 aromatic rings. The van der Waals surface area contributed by atoms with Gasteiger partial charge in [0.05, 0.1) is 11.3 Å². The minimum atomic E-state index is -2.45. The summed E-state index contributed by atoms with van der Waals surface area (Å²) in [6.45, 7) is 1.02. The second kappa shape index (κ2) is 6.33. The van der Waals surface area contributed by atoms with Crippen molar-refractivity contribution < 1.29 is 10.1 Å². The Balaban J connectivity index is 2.03. The van der Waals surface area contributed by atoms with Gasteiger partial charge in [-0.1, -0.05) is 38.0 Å². The number of benzene rings is 1. The van der Waals surface area contributed by atoms with Gasteiger partial charge in [0.1, 0.15) is 7.05 Å². The van der Waals surface area contributed by atoms with E-state index in [1.54, 1.807) is 12.1 Å². The first-order valence-electron chi connectivity index (χ1n) is 9.65. The number of aryl methyl sites for hydroxylation is 2. The minimum Gasteiger partial charge on any atom is -0.252 e. The van der Waals surface area contributed by atoms with Crippen molar-refractivity contribution in [3.8, 4) is 22.5 Å². The van der Waals surface area contributed by atoms with Gasteiger partial charge in [0, 0.05) is 22.8 Å². The molecule has 2 heterocycles. The molecule has 2 heteroatoms. The van der Waals surface area contributed by atoms with Crippen LogP contribution in [0.15, 0.2) is 60.8 Å². The highest BCUT2D eigenvalue weighted by atomic mass is 14.9. The van der Waals surface area contributed by atoms with Crippen molar-refractivity contribution in [1.29, 1.82) is 0 Å². The number of rotatable bonds is 3. The van der Waals surface area contributed by atoms with Crippen LogP contribution < -0.4 is 4.57 Å². The summed E-state index contributed by atoms with van der Waals surface area (Å²) in [5, 5.41) is 0. The Labute approximate surface area is 144 Å². The Morgan fingerprint density at radius 3 is 2.65 bits per heavy atom. The van der Waals surface area contributed by atoms with Crippen LogP contribution in [0.1, 0.15) is 36.4 Å². The maximum absolute atomic E-state index is 8.26. The summed E-state index contributed by atoms with van der Waals surface area (Å²) in [6, 6.07) is 17.4. The molecule has 0 aliphatic carbocycles. The lowest BCUT2D eigenvalue weighted by Gasteiger charge is -2.08. The van der Waals surface area contributed by atoms with Crippen molar-refractivity contribution >= 4 is 0 Å². The van der Waals surface area contributed by atoms with Crippen LogP contribution in [-0.4, -0.2) is 4.98 Å². The van der Waals surface area contributed by atoms with E-state index in [9.17, 15) is 0 Å². The SMILES string of the molecule is [2H]C([2H])([2H])C([2H])(C)c1cccc(-c2ccc(-c3ccccc3C)[n+](C)c2)n1. The van der Waals surface area contributed by atoms with Gasteiger partial charge < -0.3 is 0 Å². The number of hydrogen-bond donors (Lipinski definition) is 0. The van der Waals surface area contributed by atoms with E-state index in [-0.39, 0.29) is 5.69 Å². The fourth-order valence-corrected chi connectivity index (χ4v) is 2.70. The van der Waals surface area contributed by atoms with Crippen LogP contribution in [-0.2, 0) is 7.05 Å². The summed E-state index contributed by atoms with van der Waals surface area (Å²) < 4.78 is 33.2. The van der Waals surface area contributed by atoms with Gasteiger partial charge in [-0.05, 0) is 42.6 Å². The van der Waals surface area contributed by atoms with Crippen molar-refractivity contribution in [3.05, 3.63) is 72.1 Å². The van der Waals surface area contributed by atoms with Gasteiger partial charge >= 0.3 is 0 Å². The molecule has 1 atom stereocenters. The molecule has 116 valence electrons. The van der Waals surface area contributed by atoms with Crippen molar-refractivity contribution in [2.45, 2.75) is 26.6 Å². The van der Waals surface area contributed by atoms with Crippen LogP contribution in [0, 0.1) is 6.92 Å². The van der Waals surface area contributed by atoms with Gasteiger partial charge in [-0.3, -0.25) is 4.98 Å². The molecule has 0 saturated carbocycles. The van der Waals surface area contributed by atoms with E-state index >= 15 is 0 Å². The van der Waals surface area contributed by atoms with Crippen molar-refractivity contribution in [1.82, 2.24) is 4.98 Å². The molecule has 0 radical (unpaired) electrons. The first-order chi connectivity index (χ1) is 12.6. The third kappa shape index (κ3) is 3.16. The summed E-state index contributed by atoms with van der Waals surface area (Å²) in [5.41, 5.74) is 5.21. The van der Waals surface area contributed by atoms with Crippen LogP contribution in [0.25, 0.3) is 22.5 Å². The molecular formula is C21H23N2+. The zero-order chi connectivity index (χ0) is 19.8. The summed E-state index contributed by atoms with van der Waals surface area (Å²) in [7, 11) is 1.98. The molecule has 1 aromatic carbocycles. The van der Waals surface area contributed by atoms with E-state index in [4.69, 9.17) is 5.48 Å². The molecule has 0 aliphatic rings. The molecule has 0 spiro atoms. The number of hydrogen-bond acceptors (Lipinski definition) is 1. The van der Waals surface area contributed by atoms with E-state index in [1.165, 1.54) is 12.5 Å². The molecule has 0 saturated heterocycles. The van der Waals surface area contributed by atoms with Gasteiger partial charge in [0.15, 0.2) is 6.20 Å². The lowest BCUT2D eigenvalue weighted by Crippen LogP contribution is -2.30. The largest absolute Gasteiger partial charge is 0.252 e. The lowest BCUT2D eigenvalue weighted by atomic mass is 10.0. The molecule has 0 fully saturated rings. The Bertz CT molecular complexity index is 978. The summed E-state index contributed by atoms with van der Waals surface area (Å²) in [4.78, 5) is 4.48. The van der Waals surface area contributed by atoms with Crippen LogP contribution in [0.2, 0.25) is 0 Å². The summed E-state index contributed by atoms with van der Waals surface area (Å²) >= 11 is 0. The predicted molar refractivity (Wildman–Crippen MR) is 95.1 cm³/mol. The van der Waals surface area contributed by atoms with Gasteiger partial charge in [0.2, 0.25) is 5.69 Å². The maximum Gasteiger partial charge on any atom is 0.212 e. The zero-order valence-corrected chi connectivity index (χ0v) is 13.7. The molecule has 0 N–H and O–H groups in total. The van der Waals surface area contributed by atoms with Gasteiger partial charge in [0.25, 0.3) is 0 Å². The Hall–Kier alpha value is -2.48.